The molecule has 3 nitrogen and oxygen atoms in total. The first kappa shape index (κ1) is 15.4. The second-order valence-electron chi connectivity index (χ2n) is 7.26. The van der Waals surface area contributed by atoms with Crippen molar-refractivity contribution in [2.24, 2.45) is 17.8 Å². The molecule has 3 heteroatoms. The van der Waals surface area contributed by atoms with Crippen LogP contribution in [0, 0.1) is 24.7 Å². The number of nitrogens with one attached hydrogen (secondary N) is 2. The summed E-state index contributed by atoms with van der Waals surface area (Å²) in [7, 11) is 0. The van der Waals surface area contributed by atoms with E-state index in [1.54, 1.807) is 0 Å². The van der Waals surface area contributed by atoms with Crippen molar-refractivity contribution in [1.29, 1.82) is 0 Å². The molecule has 4 unspecified atom stereocenters. The molecule has 1 aromatic carbocycles. The molecule has 2 fully saturated rings. The van der Waals surface area contributed by atoms with Gasteiger partial charge in [-0.3, -0.25) is 0 Å². The number of benzene rings is 1. The molecule has 2 saturated carbocycles. The summed E-state index contributed by atoms with van der Waals surface area (Å²) in [5, 5.41) is 6.15. The Kier molecular flexibility index (Phi) is 4.70. The van der Waals surface area contributed by atoms with Gasteiger partial charge in [0.1, 0.15) is 0 Å². The third-order valence-corrected chi connectivity index (χ3v) is 5.61. The summed E-state index contributed by atoms with van der Waals surface area (Å²) in [6, 6.07) is 8.79. The molecule has 2 bridgehead atoms. The second kappa shape index (κ2) is 6.72. The fourth-order valence-corrected chi connectivity index (χ4v) is 4.35. The van der Waals surface area contributed by atoms with Gasteiger partial charge in [-0.15, -0.1) is 0 Å². The average molecular weight is 300 g/mol. The van der Waals surface area contributed by atoms with Crippen molar-refractivity contribution >= 4 is 6.03 Å². The molecule has 22 heavy (non-hydrogen) atoms. The van der Waals surface area contributed by atoms with Gasteiger partial charge in [0.2, 0.25) is 0 Å². The van der Waals surface area contributed by atoms with Crippen molar-refractivity contribution in [1.82, 2.24) is 10.6 Å². The normalized spacial score (nSPS) is 27.6. The molecule has 120 valence electrons. The third-order valence-electron chi connectivity index (χ3n) is 5.61. The summed E-state index contributed by atoms with van der Waals surface area (Å²) in [6.45, 7) is 4.95. The molecule has 1 aromatic rings. The Balaban J connectivity index is 1.38. The van der Waals surface area contributed by atoms with Crippen LogP contribution in [0.3, 0.4) is 0 Å². The van der Waals surface area contributed by atoms with E-state index in [4.69, 9.17) is 0 Å². The molecule has 0 radical (unpaired) electrons. The topological polar surface area (TPSA) is 41.1 Å². The van der Waals surface area contributed by atoms with E-state index in [0.29, 0.717) is 18.5 Å². The van der Waals surface area contributed by atoms with Crippen LogP contribution in [0.1, 0.15) is 43.7 Å². The van der Waals surface area contributed by atoms with Crippen molar-refractivity contribution in [3.63, 3.8) is 0 Å². The first-order chi connectivity index (χ1) is 10.6. The van der Waals surface area contributed by atoms with Gasteiger partial charge < -0.3 is 10.6 Å². The molecule has 0 heterocycles. The Morgan fingerprint density at radius 1 is 1.23 bits per heavy atom. The van der Waals surface area contributed by atoms with Crippen LogP contribution in [0.4, 0.5) is 4.79 Å². The number of carbonyl (C=O) groups excluding carboxylic acids is 1. The van der Waals surface area contributed by atoms with E-state index in [1.165, 1.54) is 36.8 Å². The van der Waals surface area contributed by atoms with Gasteiger partial charge in [0.05, 0.1) is 0 Å². The van der Waals surface area contributed by atoms with Crippen LogP contribution in [-0.2, 0) is 6.42 Å². The van der Waals surface area contributed by atoms with Crippen molar-refractivity contribution in [2.75, 3.05) is 6.54 Å². The highest BCUT2D eigenvalue weighted by atomic mass is 16.2. The number of urea groups is 1. The maximum Gasteiger partial charge on any atom is 0.315 e. The summed E-state index contributed by atoms with van der Waals surface area (Å²) < 4.78 is 0. The molecular formula is C19H28N2O. The Morgan fingerprint density at radius 2 is 2.00 bits per heavy atom. The first-order valence-corrected chi connectivity index (χ1v) is 8.71. The van der Waals surface area contributed by atoms with Gasteiger partial charge in [0.25, 0.3) is 0 Å². The van der Waals surface area contributed by atoms with Crippen LogP contribution in [0.25, 0.3) is 0 Å². The molecule has 2 N–H and O–H groups in total. The lowest BCUT2D eigenvalue weighted by atomic mass is 9.84. The Labute approximate surface area is 133 Å². The number of rotatable bonds is 5. The van der Waals surface area contributed by atoms with Crippen LogP contribution >= 0.6 is 0 Å². The Hall–Kier alpha value is -1.51. The number of carbonyl (C=O) groups is 1. The van der Waals surface area contributed by atoms with Crippen molar-refractivity contribution in [3.05, 3.63) is 35.4 Å². The van der Waals surface area contributed by atoms with Gasteiger partial charge in [-0.2, -0.15) is 0 Å². The zero-order valence-electron chi connectivity index (χ0n) is 13.8. The Bertz CT molecular complexity index is 511. The van der Waals surface area contributed by atoms with Crippen LogP contribution < -0.4 is 10.6 Å². The van der Waals surface area contributed by atoms with E-state index >= 15 is 0 Å². The zero-order chi connectivity index (χ0) is 15.5. The van der Waals surface area contributed by atoms with E-state index in [-0.39, 0.29) is 6.03 Å². The lowest BCUT2D eigenvalue weighted by molar-refractivity contribution is 0.220. The van der Waals surface area contributed by atoms with E-state index in [0.717, 1.165) is 18.3 Å². The molecule has 0 spiro atoms. The Morgan fingerprint density at radius 3 is 2.64 bits per heavy atom. The van der Waals surface area contributed by atoms with Crippen LogP contribution in [0.15, 0.2) is 24.3 Å². The quantitative estimate of drug-likeness (QED) is 0.856. The molecule has 2 amide bonds. The van der Waals surface area contributed by atoms with E-state index in [2.05, 4.69) is 48.7 Å². The van der Waals surface area contributed by atoms with Crippen molar-refractivity contribution < 1.29 is 4.79 Å². The molecule has 4 atom stereocenters. The minimum absolute atomic E-state index is 0.0117. The smallest absolute Gasteiger partial charge is 0.315 e. The second-order valence-corrected chi connectivity index (χ2v) is 7.26. The van der Waals surface area contributed by atoms with Crippen molar-refractivity contribution in [2.45, 2.75) is 52.0 Å². The summed E-state index contributed by atoms with van der Waals surface area (Å²) in [5.74, 6) is 2.48. The minimum Gasteiger partial charge on any atom is -0.338 e. The highest BCUT2D eigenvalue weighted by Gasteiger charge is 2.42. The fraction of sp³-hybridized carbons (Fsp3) is 0.632. The number of aryl methyl sites for hydroxylation is 1. The first-order valence-electron chi connectivity index (χ1n) is 8.71. The fourth-order valence-electron chi connectivity index (χ4n) is 4.35. The largest absolute Gasteiger partial charge is 0.338 e. The maximum absolute atomic E-state index is 12.0. The summed E-state index contributed by atoms with van der Waals surface area (Å²) in [6.07, 6.45) is 6.38. The summed E-state index contributed by atoms with van der Waals surface area (Å²) in [4.78, 5) is 12.0. The molecular weight excluding hydrogens is 272 g/mol. The van der Waals surface area contributed by atoms with E-state index < -0.39 is 0 Å². The van der Waals surface area contributed by atoms with E-state index in [1.807, 2.05) is 0 Å². The predicted molar refractivity (Wildman–Crippen MR) is 89.8 cm³/mol. The van der Waals surface area contributed by atoms with E-state index in [9.17, 15) is 4.79 Å². The standard InChI is InChI=1S/C19H28N2O/c1-13-3-5-15(6-4-13)9-10-20-19(22)21-14(2)18-12-16-7-8-17(18)11-16/h3-6,14,16-18H,7-12H2,1-2H3,(H2,20,21,22). The van der Waals surface area contributed by atoms with Gasteiger partial charge in [0.15, 0.2) is 0 Å². The molecule has 2 aliphatic carbocycles. The van der Waals surface area contributed by atoms with Gasteiger partial charge in [-0.05, 0) is 62.8 Å². The van der Waals surface area contributed by atoms with Crippen molar-refractivity contribution in [3.8, 4) is 0 Å². The highest BCUT2D eigenvalue weighted by molar-refractivity contribution is 5.74. The van der Waals surface area contributed by atoms with Crippen LogP contribution in [-0.4, -0.2) is 18.6 Å². The van der Waals surface area contributed by atoms with Gasteiger partial charge in [0, 0.05) is 12.6 Å². The molecule has 0 saturated heterocycles. The minimum atomic E-state index is -0.0117. The summed E-state index contributed by atoms with van der Waals surface area (Å²) in [5.41, 5.74) is 2.54. The van der Waals surface area contributed by atoms with Gasteiger partial charge in [-0.1, -0.05) is 36.2 Å². The average Bonchev–Trinajstić information content (AvgIpc) is 3.12. The zero-order valence-corrected chi connectivity index (χ0v) is 13.8. The molecule has 3 rings (SSSR count). The molecule has 2 aliphatic rings. The molecule has 0 aromatic heterocycles. The van der Waals surface area contributed by atoms with Gasteiger partial charge in [-0.25, -0.2) is 4.79 Å². The lowest BCUT2D eigenvalue weighted by Gasteiger charge is -2.28. The number of hydrogen-bond donors (Lipinski definition) is 2. The SMILES string of the molecule is Cc1ccc(CCNC(=O)NC(C)C2CC3CCC2C3)cc1. The van der Waals surface area contributed by atoms with Crippen LogP contribution in [0.2, 0.25) is 0 Å². The van der Waals surface area contributed by atoms with Crippen LogP contribution in [0.5, 0.6) is 0 Å². The maximum atomic E-state index is 12.0. The number of amides is 2. The third kappa shape index (κ3) is 3.63. The number of hydrogen-bond acceptors (Lipinski definition) is 1. The predicted octanol–water partition coefficient (Wildman–Crippen LogP) is 3.66. The number of fused-ring (bicyclic) bond motifs is 2. The highest BCUT2D eigenvalue weighted by Crippen LogP contribution is 2.49. The van der Waals surface area contributed by atoms with Gasteiger partial charge >= 0.3 is 6.03 Å². The monoisotopic (exact) mass is 300 g/mol. The summed E-state index contributed by atoms with van der Waals surface area (Å²) >= 11 is 0. The lowest BCUT2D eigenvalue weighted by Crippen LogP contribution is -2.45. The molecule has 0 aliphatic heterocycles.